The first-order valence-electron chi connectivity index (χ1n) is 12.2. The Kier molecular flexibility index (Phi) is 8.57. The van der Waals surface area contributed by atoms with Gasteiger partial charge in [0.05, 0.1) is 18.6 Å². The van der Waals surface area contributed by atoms with E-state index in [2.05, 4.69) is 15.0 Å². The molecular formula is C26H25ClN4O10. The normalized spacial score (nSPS) is 22.4. The van der Waals surface area contributed by atoms with Gasteiger partial charge in [0.15, 0.2) is 17.5 Å². The summed E-state index contributed by atoms with van der Waals surface area (Å²) in [4.78, 5) is 47.7. The number of carboxylic acid groups (broad SMARTS) is 3. The zero-order chi connectivity index (χ0) is 29.9. The van der Waals surface area contributed by atoms with E-state index in [1.165, 1.54) is 23.0 Å². The van der Waals surface area contributed by atoms with Crippen LogP contribution in [0.5, 0.6) is 0 Å². The molecular weight excluding hydrogens is 564 g/mol. The molecule has 0 unspecified atom stereocenters. The molecule has 3 aromatic rings. The van der Waals surface area contributed by atoms with E-state index >= 15 is 0 Å². The maximum atomic E-state index is 12.2. The number of carbonyl (C=O) groups is 3. The third-order valence-electron chi connectivity index (χ3n) is 6.76. The number of imidazole rings is 1. The van der Waals surface area contributed by atoms with Gasteiger partial charge in [0.2, 0.25) is 5.28 Å². The Morgan fingerprint density at radius 3 is 2.46 bits per heavy atom. The van der Waals surface area contributed by atoms with Gasteiger partial charge in [0.25, 0.3) is 5.60 Å². The first-order valence-corrected chi connectivity index (χ1v) is 12.6. The fourth-order valence-electron chi connectivity index (χ4n) is 4.55. The van der Waals surface area contributed by atoms with Gasteiger partial charge in [-0.15, -0.1) is 6.42 Å². The standard InChI is InChI=1S/C26H25ClN4O10/c1-2-25(39)16(12-40-26(22(35)36,23(37)38)11-14-7-4-3-5-8-14)41-21(19(25)34)31-13-28-18-15(9-6-10-17(32)33)29-24(27)30-20(18)31/h1,3-5,7-8,13,16,19,21,34,39H,6,9-12H2,(H,32,33)(H,35,36)(H,37,38)/t16-,19+,21-,25-/m1/s1. The highest BCUT2D eigenvalue weighted by molar-refractivity contribution is 6.28. The summed E-state index contributed by atoms with van der Waals surface area (Å²) in [6, 6.07) is 7.93. The minimum absolute atomic E-state index is 0.0785. The van der Waals surface area contributed by atoms with Crippen LogP contribution < -0.4 is 0 Å². The van der Waals surface area contributed by atoms with Gasteiger partial charge in [-0.2, -0.15) is 4.98 Å². The van der Waals surface area contributed by atoms with Gasteiger partial charge in [-0.1, -0.05) is 36.3 Å². The lowest BCUT2D eigenvalue weighted by Crippen LogP contribution is -2.55. The van der Waals surface area contributed by atoms with Crippen molar-refractivity contribution < 1.29 is 49.4 Å². The van der Waals surface area contributed by atoms with Crippen LogP contribution in [0.3, 0.4) is 0 Å². The molecule has 2 aromatic heterocycles. The fourth-order valence-corrected chi connectivity index (χ4v) is 4.73. The number of hydrogen-bond donors (Lipinski definition) is 5. The quantitative estimate of drug-likeness (QED) is 0.112. The van der Waals surface area contributed by atoms with E-state index in [4.69, 9.17) is 32.6 Å². The highest BCUT2D eigenvalue weighted by Gasteiger charge is 2.57. The lowest BCUT2D eigenvalue weighted by molar-refractivity contribution is -0.191. The summed E-state index contributed by atoms with van der Waals surface area (Å²) in [7, 11) is 0. The molecule has 0 spiro atoms. The number of aliphatic carboxylic acids is 3. The summed E-state index contributed by atoms with van der Waals surface area (Å²) in [5.74, 6) is -2.54. The topological polar surface area (TPSA) is 214 Å². The number of nitrogens with zero attached hydrogens (tertiary/aromatic N) is 4. The number of terminal acetylenes is 1. The van der Waals surface area contributed by atoms with Crippen molar-refractivity contribution in [3.8, 4) is 12.3 Å². The Morgan fingerprint density at radius 2 is 1.85 bits per heavy atom. The molecule has 15 heteroatoms. The number of aliphatic hydroxyl groups is 2. The molecule has 1 saturated heterocycles. The van der Waals surface area contributed by atoms with Gasteiger partial charge >= 0.3 is 17.9 Å². The van der Waals surface area contributed by atoms with Crippen molar-refractivity contribution in [2.45, 2.75) is 55.3 Å². The Balaban J connectivity index is 1.63. The number of aryl methyl sites for hydroxylation is 1. The number of aromatic nitrogens is 4. The largest absolute Gasteiger partial charge is 0.481 e. The first-order chi connectivity index (χ1) is 19.4. The Morgan fingerprint density at radius 1 is 1.17 bits per heavy atom. The number of aliphatic hydroxyl groups excluding tert-OH is 1. The van der Waals surface area contributed by atoms with Crippen LogP contribution in [-0.2, 0) is 36.7 Å². The number of halogens is 1. The van der Waals surface area contributed by atoms with E-state index in [1.807, 2.05) is 5.92 Å². The third-order valence-corrected chi connectivity index (χ3v) is 6.93. The summed E-state index contributed by atoms with van der Waals surface area (Å²) in [6.45, 7) is -0.831. The molecule has 0 radical (unpaired) electrons. The zero-order valence-electron chi connectivity index (χ0n) is 21.3. The van der Waals surface area contributed by atoms with Crippen LogP contribution in [0, 0.1) is 12.3 Å². The molecule has 0 amide bonds. The molecule has 5 N–H and O–H groups in total. The summed E-state index contributed by atoms with van der Waals surface area (Å²) in [6.07, 6.45) is 1.66. The highest BCUT2D eigenvalue weighted by Crippen LogP contribution is 2.39. The number of hydrogen-bond acceptors (Lipinski definition) is 10. The molecule has 0 bridgehead atoms. The van der Waals surface area contributed by atoms with Crippen molar-refractivity contribution >= 4 is 40.7 Å². The molecule has 4 atom stereocenters. The molecule has 1 aliphatic rings. The first kappa shape index (κ1) is 29.8. The van der Waals surface area contributed by atoms with Crippen molar-refractivity contribution in [3.05, 3.63) is 53.2 Å². The molecule has 41 heavy (non-hydrogen) atoms. The van der Waals surface area contributed by atoms with Crippen LogP contribution in [0.4, 0.5) is 0 Å². The van der Waals surface area contributed by atoms with Crippen LogP contribution in [0.2, 0.25) is 5.28 Å². The van der Waals surface area contributed by atoms with Gasteiger partial charge in [-0.25, -0.2) is 19.6 Å². The second-order valence-corrected chi connectivity index (χ2v) is 9.69. The van der Waals surface area contributed by atoms with Crippen LogP contribution in [0.25, 0.3) is 11.2 Å². The molecule has 3 heterocycles. The molecule has 1 fully saturated rings. The van der Waals surface area contributed by atoms with E-state index in [1.54, 1.807) is 18.2 Å². The second-order valence-electron chi connectivity index (χ2n) is 9.35. The Hall–Kier alpha value is -4.13. The molecule has 14 nitrogen and oxygen atoms in total. The highest BCUT2D eigenvalue weighted by atomic mass is 35.5. The molecule has 216 valence electrons. The van der Waals surface area contributed by atoms with Crippen molar-refractivity contribution in [3.63, 3.8) is 0 Å². The summed E-state index contributed by atoms with van der Waals surface area (Å²) < 4.78 is 12.5. The van der Waals surface area contributed by atoms with E-state index in [-0.39, 0.29) is 35.7 Å². The van der Waals surface area contributed by atoms with Crippen LogP contribution in [0.1, 0.15) is 30.3 Å². The fraction of sp³-hybridized carbons (Fsp3) is 0.385. The van der Waals surface area contributed by atoms with Crippen LogP contribution >= 0.6 is 11.6 Å². The van der Waals surface area contributed by atoms with Crippen LogP contribution in [-0.4, -0.2) is 93.0 Å². The second kappa shape index (κ2) is 11.8. The van der Waals surface area contributed by atoms with Gasteiger partial charge in [-0.3, -0.25) is 9.36 Å². The maximum Gasteiger partial charge on any atom is 0.348 e. The average molecular weight is 589 g/mol. The summed E-state index contributed by atoms with van der Waals surface area (Å²) in [5.41, 5.74) is -4.20. The van der Waals surface area contributed by atoms with Crippen molar-refractivity contribution in [2.75, 3.05) is 6.61 Å². The summed E-state index contributed by atoms with van der Waals surface area (Å²) >= 11 is 6.08. The number of rotatable bonds is 12. The van der Waals surface area contributed by atoms with Crippen molar-refractivity contribution in [2.24, 2.45) is 0 Å². The van der Waals surface area contributed by atoms with E-state index in [0.717, 1.165) is 0 Å². The van der Waals surface area contributed by atoms with Gasteiger partial charge in [0, 0.05) is 12.8 Å². The molecule has 1 aliphatic heterocycles. The average Bonchev–Trinajstić information content (AvgIpc) is 3.45. The third kappa shape index (κ3) is 5.71. The number of ether oxygens (including phenoxy) is 2. The summed E-state index contributed by atoms with van der Waals surface area (Å²) in [5, 5.41) is 50.7. The lowest BCUT2D eigenvalue weighted by atomic mass is 9.92. The van der Waals surface area contributed by atoms with Gasteiger partial charge in [-0.05, 0) is 30.0 Å². The number of fused-ring (bicyclic) bond motifs is 1. The van der Waals surface area contributed by atoms with Crippen molar-refractivity contribution in [1.82, 2.24) is 19.5 Å². The molecule has 4 rings (SSSR count). The predicted molar refractivity (Wildman–Crippen MR) is 139 cm³/mol. The number of carboxylic acids is 3. The van der Waals surface area contributed by atoms with Gasteiger partial charge in [0.1, 0.15) is 17.7 Å². The maximum absolute atomic E-state index is 12.2. The lowest BCUT2D eigenvalue weighted by Gasteiger charge is -2.30. The minimum atomic E-state index is -2.77. The smallest absolute Gasteiger partial charge is 0.348 e. The number of benzene rings is 1. The van der Waals surface area contributed by atoms with E-state index in [0.29, 0.717) is 11.3 Å². The SMILES string of the molecule is C#C[C@@]1(O)[C@@H](COC(Cc2ccccc2)(C(=O)O)C(=O)O)O[C@@H](n2cnc3c(CCCC(=O)O)nc(Cl)nc32)[C@@H]1O. The zero-order valence-corrected chi connectivity index (χ0v) is 22.0. The Bertz CT molecular complexity index is 1490. The molecule has 0 saturated carbocycles. The van der Waals surface area contributed by atoms with E-state index in [9.17, 15) is 34.8 Å². The van der Waals surface area contributed by atoms with E-state index < -0.39 is 60.6 Å². The van der Waals surface area contributed by atoms with Crippen molar-refractivity contribution in [1.29, 1.82) is 0 Å². The molecule has 0 aliphatic carbocycles. The monoisotopic (exact) mass is 588 g/mol. The molecule has 1 aromatic carbocycles. The Labute approximate surface area is 237 Å². The van der Waals surface area contributed by atoms with Crippen LogP contribution in [0.15, 0.2) is 36.7 Å². The minimum Gasteiger partial charge on any atom is -0.481 e. The predicted octanol–water partition coefficient (Wildman–Crippen LogP) is 0.677. The van der Waals surface area contributed by atoms with Gasteiger partial charge < -0.3 is 35.0 Å².